The van der Waals surface area contributed by atoms with Crippen molar-refractivity contribution >= 4 is 21.5 Å². The van der Waals surface area contributed by atoms with E-state index in [2.05, 4.69) is 62.3 Å². The molecule has 0 amide bonds. The molecule has 0 radical (unpaired) electrons. The molecule has 0 bridgehead atoms. The second-order valence-electron chi connectivity index (χ2n) is 14.1. The van der Waals surface area contributed by atoms with Crippen LogP contribution in [-0.2, 0) is 17.7 Å². The van der Waals surface area contributed by atoms with E-state index in [9.17, 15) is 0 Å². The number of phosphoric acid groups is 1. The van der Waals surface area contributed by atoms with Crippen LogP contribution in [0.25, 0.3) is 0 Å². The average Bonchev–Trinajstić information content (AvgIpc) is 3.01. The fourth-order valence-electron chi connectivity index (χ4n) is 7.08. The molecule has 0 aliphatic carbocycles. The zero-order valence-electron chi connectivity index (χ0n) is 31.1. The van der Waals surface area contributed by atoms with Crippen molar-refractivity contribution in [3.05, 3.63) is 0 Å². The summed E-state index contributed by atoms with van der Waals surface area (Å²) in [6.07, 6.45) is 28.9. The van der Waals surface area contributed by atoms with Gasteiger partial charge < -0.3 is 0 Å². The summed E-state index contributed by atoms with van der Waals surface area (Å²) in [5, 5.41) is 0. The van der Waals surface area contributed by atoms with Crippen molar-refractivity contribution in [1.29, 1.82) is 0 Å². The van der Waals surface area contributed by atoms with Crippen molar-refractivity contribution in [3.63, 3.8) is 0 Å². The van der Waals surface area contributed by atoms with Gasteiger partial charge in [0, 0.05) is 0 Å². The quantitative estimate of drug-likeness (QED) is 0.0528. The number of unbranched alkanes of at least 4 members (excludes halogenated alkanes) is 9. The Morgan fingerprint density at radius 1 is 0.372 bits per heavy atom. The zero-order chi connectivity index (χ0) is 32.6. The van der Waals surface area contributed by atoms with Gasteiger partial charge in [-0.15, -0.1) is 0 Å². The van der Waals surface area contributed by atoms with Crippen LogP contribution in [-0.4, -0.2) is 55.9 Å². The van der Waals surface area contributed by atoms with Crippen LogP contribution in [0, 0.1) is 0 Å². The minimum atomic E-state index is -3.83. The Kier molecular flexibility index (Phi) is 23.8. The van der Waals surface area contributed by atoms with Crippen LogP contribution in [0.5, 0.6) is 0 Å². The molecule has 0 atom stereocenters. The molecule has 0 aliphatic rings. The fraction of sp³-hybridized carbons (Fsp3) is 1.00. The number of rotatable bonds is 32. The van der Waals surface area contributed by atoms with Crippen LogP contribution in [0.2, 0.25) is 0 Å². The first kappa shape index (κ1) is 44.0. The molecule has 0 fully saturated rings. The van der Waals surface area contributed by atoms with Gasteiger partial charge >= 0.3 is 273 Å². The second kappa shape index (κ2) is 23.3. The normalized spacial score (nSPS) is 15.9. The molecule has 0 N–H and O–H groups in total. The summed E-state index contributed by atoms with van der Waals surface area (Å²) in [5.41, 5.74) is 0. The Morgan fingerprint density at radius 3 is 0.767 bits per heavy atom. The van der Waals surface area contributed by atoms with E-state index in [0.717, 1.165) is 165 Å². The van der Waals surface area contributed by atoms with E-state index in [1.54, 1.807) is 0 Å². The van der Waals surface area contributed by atoms with Gasteiger partial charge in [0.2, 0.25) is 0 Å². The fourth-order valence-corrected chi connectivity index (χ4v) is 26.9. The van der Waals surface area contributed by atoms with Crippen LogP contribution in [0.3, 0.4) is 0 Å². The molecule has 0 aromatic carbocycles. The summed E-state index contributed by atoms with van der Waals surface area (Å²) in [4.78, 5) is 0. The molecule has 0 saturated heterocycles. The summed E-state index contributed by atoms with van der Waals surface area (Å²) in [5.74, 6) is 0. The Hall–Kier alpha value is 0.970. The average molecular weight is 671 g/mol. The van der Waals surface area contributed by atoms with Crippen LogP contribution < -0.4 is 0 Å². The summed E-state index contributed by atoms with van der Waals surface area (Å²) in [6.45, 7) is 15.3. The SMILES string of the molecule is CCCCOP(=O)(OP(CCCC)(CCCC)(CCCC)CCCC)OP(CCCC)(CCCC)(CCCC)CCCC. The van der Waals surface area contributed by atoms with Gasteiger partial charge in [0.15, 0.2) is 0 Å². The molecule has 7 heteroatoms. The van der Waals surface area contributed by atoms with Gasteiger partial charge in [-0.05, 0) is 0 Å². The van der Waals surface area contributed by atoms with E-state index in [0.29, 0.717) is 6.61 Å². The molecule has 0 saturated carbocycles. The zero-order valence-corrected chi connectivity index (χ0v) is 33.7. The van der Waals surface area contributed by atoms with E-state index in [4.69, 9.17) is 13.1 Å². The van der Waals surface area contributed by atoms with Gasteiger partial charge in [0.1, 0.15) is 0 Å². The first-order chi connectivity index (χ1) is 20.6. The molecule has 0 spiro atoms. The Bertz CT molecular complexity index is 590. The van der Waals surface area contributed by atoms with E-state index < -0.39 is 21.5 Å². The molecule has 0 rings (SSSR count). The van der Waals surface area contributed by atoms with Gasteiger partial charge in [-0.3, -0.25) is 0 Å². The molecule has 43 heavy (non-hydrogen) atoms. The third kappa shape index (κ3) is 15.2. The maximum absolute atomic E-state index is 15.8. The standard InChI is InChI=1S/C36H81O4P3/c1-10-19-28-38-41(37,39-42(29-20-11-2,30-21-12-3,31-22-13-4)32-23-14-5)40-43(33-24-15-6,34-25-16-7,35-26-17-8)36-27-18-9/h10-36H2,1-9H3. The predicted octanol–water partition coefficient (Wildman–Crippen LogP) is 14.3. The van der Waals surface area contributed by atoms with E-state index >= 15 is 4.57 Å². The van der Waals surface area contributed by atoms with Crippen LogP contribution in [0.15, 0.2) is 0 Å². The van der Waals surface area contributed by atoms with Crippen LogP contribution in [0.1, 0.15) is 178 Å². The van der Waals surface area contributed by atoms with Gasteiger partial charge in [0.25, 0.3) is 0 Å². The molecule has 0 aliphatic heterocycles. The summed E-state index contributed by atoms with van der Waals surface area (Å²) < 4.78 is 37.8. The second-order valence-corrected chi connectivity index (χ2v) is 27.6. The van der Waals surface area contributed by atoms with Gasteiger partial charge in [-0.1, -0.05) is 0 Å². The third-order valence-corrected chi connectivity index (χ3v) is 27.4. The Balaban J connectivity index is 7.52. The van der Waals surface area contributed by atoms with Gasteiger partial charge in [-0.25, -0.2) is 0 Å². The van der Waals surface area contributed by atoms with Crippen molar-refractivity contribution in [1.82, 2.24) is 0 Å². The Labute approximate surface area is 272 Å². The van der Waals surface area contributed by atoms with Gasteiger partial charge in [0.05, 0.1) is 0 Å². The number of hydrogen-bond donors (Lipinski definition) is 0. The molecule has 0 aromatic rings. The van der Waals surface area contributed by atoms with Crippen molar-refractivity contribution in [2.24, 2.45) is 0 Å². The molecule has 264 valence electrons. The first-order valence-corrected chi connectivity index (χ1v) is 26.5. The van der Waals surface area contributed by atoms with Gasteiger partial charge in [-0.2, -0.15) is 0 Å². The molecular formula is C36H81O4P3. The van der Waals surface area contributed by atoms with E-state index in [-0.39, 0.29) is 0 Å². The molecule has 0 unspecified atom stereocenters. The Morgan fingerprint density at radius 2 is 0.581 bits per heavy atom. The van der Waals surface area contributed by atoms with Crippen molar-refractivity contribution < 1.29 is 17.7 Å². The van der Waals surface area contributed by atoms with E-state index in [1.165, 1.54) is 0 Å². The summed E-state index contributed by atoms with van der Waals surface area (Å²) in [7, 11) is -3.83. The summed E-state index contributed by atoms with van der Waals surface area (Å²) >= 11 is 0. The molecular weight excluding hydrogens is 589 g/mol. The predicted molar refractivity (Wildman–Crippen MR) is 203 cm³/mol. The number of hydrogen-bond acceptors (Lipinski definition) is 4. The third-order valence-electron chi connectivity index (χ3n) is 10.0. The monoisotopic (exact) mass is 671 g/mol. The maximum atomic E-state index is 15.8. The molecule has 0 heterocycles. The van der Waals surface area contributed by atoms with Crippen molar-refractivity contribution in [3.8, 4) is 0 Å². The van der Waals surface area contributed by atoms with E-state index in [1.807, 2.05) is 0 Å². The first-order valence-electron chi connectivity index (χ1n) is 19.3. The van der Waals surface area contributed by atoms with Crippen LogP contribution >= 0.6 is 21.5 Å². The van der Waals surface area contributed by atoms with Crippen LogP contribution in [0.4, 0.5) is 0 Å². The minimum absolute atomic E-state index is 0.471. The topological polar surface area (TPSA) is 44.8 Å². The molecule has 4 nitrogen and oxygen atoms in total. The molecule has 0 aromatic heterocycles. The van der Waals surface area contributed by atoms with Crippen molar-refractivity contribution in [2.45, 2.75) is 178 Å². The summed E-state index contributed by atoms with van der Waals surface area (Å²) in [6, 6.07) is 0. The van der Waals surface area contributed by atoms with Crippen molar-refractivity contribution in [2.75, 3.05) is 55.9 Å².